The number of fused-ring (bicyclic) bond motifs is 1. The van der Waals surface area contributed by atoms with E-state index >= 15 is 0 Å². The maximum Gasteiger partial charge on any atom is 0.336 e. The van der Waals surface area contributed by atoms with Gasteiger partial charge in [-0.1, -0.05) is 6.07 Å². The minimum Gasteiger partial charge on any atom is -0.493 e. The standard InChI is InChI=1S/C25H22N2O6/c1-30-23-12-18(2-6-21(23)32-15-17-8-10-26-11-9-17)14-27-24(28)16-31-20-5-3-19-4-7-25(29)33-22(19)13-20/h2-13H,14-16H2,1H3,(H,27,28). The van der Waals surface area contributed by atoms with Crippen LogP contribution in [0.4, 0.5) is 0 Å². The predicted molar refractivity (Wildman–Crippen MR) is 121 cm³/mol. The predicted octanol–water partition coefficient (Wildman–Crippen LogP) is 3.47. The Morgan fingerprint density at radius 1 is 0.939 bits per heavy atom. The number of carbonyl (C=O) groups excluding carboxylic acids is 1. The molecule has 2 aromatic carbocycles. The average molecular weight is 446 g/mol. The number of pyridine rings is 1. The summed E-state index contributed by atoms with van der Waals surface area (Å²) in [6.07, 6.45) is 3.42. The molecule has 0 saturated heterocycles. The Labute approximate surface area is 189 Å². The molecule has 0 bridgehead atoms. The van der Waals surface area contributed by atoms with E-state index in [1.54, 1.807) is 49.8 Å². The zero-order valence-corrected chi connectivity index (χ0v) is 17.9. The van der Waals surface area contributed by atoms with Crippen molar-refractivity contribution < 1.29 is 23.4 Å². The van der Waals surface area contributed by atoms with Crippen LogP contribution in [-0.2, 0) is 17.9 Å². The lowest BCUT2D eigenvalue weighted by molar-refractivity contribution is -0.123. The van der Waals surface area contributed by atoms with Gasteiger partial charge in [-0.15, -0.1) is 0 Å². The third kappa shape index (κ3) is 5.88. The molecule has 8 nitrogen and oxygen atoms in total. The number of nitrogens with one attached hydrogen (secondary N) is 1. The summed E-state index contributed by atoms with van der Waals surface area (Å²) in [5.41, 5.74) is 1.81. The van der Waals surface area contributed by atoms with Crippen LogP contribution in [0.15, 0.2) is 82.3 Å². The summed E-state index contributed by atoms with van der Waals surface area (Å²) in [4.78, 5) is 27.6. The first-order valence-corrected chi connectivity index (χ1v) is 10.2. The molecular formula is C25H22N2O6. The molecule has 0 fully saturated rings. The number of hydrogen-bond donors (Lipinski definition) is 1. The maximum atomic E-state index is 12.2. The fraction of sp³-hybridized carbons (Fsp3) is 0.160. The monoisotopic (exact) mass is 446 g/mol. The molecule has 4 aromatic rings. The van der Waals surface area contributed by atoms with Crippen molar-refractivity contribution in [2.75, 3.05) is 13.7 Å². The molecule has 0 spiro atoms. The lowest BCUT2D eigenvalue weighted by atomic mass is 10.2. The minimum absolute atomic E-state index is 0.174. The number of aromatic nitrogens is 1. The van der Waals surface area contributed by atoms with E-state index in [9.17, 15) is 9.59 Å². The molecule has 0 saturated carbocycles. The van der Waals surface area contributed by atoms with E-state index < -0.39 is 5.63 Å². The fourth-order valence-corrected chi connectivity index (χ4v) is 3.11. The van der Waals surface area contributed by atoms with Gasteiger partial charge in [0.1, 0.15) is 17.9 Å². The van der Waals surface area contributed by atoms with Gasteiger partial charge in [0.15, 0.2) is 18.1 Å². The van der Waals surface area contributed by atoms with Crippen molar-refractivity contribution in [2.45, 2.75) is 13.2 Å². The van der Waals surface area contributed by atoms with Crippen molar-refractivity contribution >= 4 is 16.9 Å². The van der Waals surface area contributed by atoms with Gasteiger partial charge in [-0.25, -0.2) is 4.79 Å². The Balaban J connectivity index is 1.30. The number of amides is 1. The van der Waals surface area contributed by atoms with Gasteiger partial charge in [0.2, 0.25) is 0 Å². The van der Waals surface area contributed by atoms with E-state index in [4.69, 9.17) is 18.6 Å². The topological polar surface area (TPSA) is 99.9 Å². The van der Waals surface area contributed by atoms with E-state index in [0.717, 1.165) is 16.5 Å². The highest BCUT2D eigenvalue weighted by Gasteiger charge is 2.09. The molecule has 0 aliphatic heterocycles. The lowest BCUT2D eigenvalue weighted by Gasteiger charge is -2.13. The van der Waals surface area contributed by atoms with Gasteiger partial charge in [-0.3, -0.25) is 9.78 Å². The van der Waals surface area contributed by atoms with Crippen LogP contribution in [-0.4, -0.2) is 24.6 Å². The maximum absolute atomic E-state index is 12.2. The van der Waals surface area contributed by atoms with Gasteiger partial charge in [0.25, 0.3) is 5.91 Å². The van der Waals surface area contributed by atoms with Gasteiger partial charge >= 0.3 is 5.63 Å². The molecule has 0 unspecified atom stereocenters. The molecule has 33 heavy (non-hydrogen) atoms. The number of benzene rings is 2. The van der Waals surface area contributed by atoms with Gasteiger partial charge in [-0.2, -0.15) is 0 Å². The summed E-state index contributed by atoms with van der Waals surface area (Å²) in [6.45, 7) is 0.521. The summed E-state index contributed by atoms with van der Waals surface area (Å²) in [5.74, 6) is 1.33. The number of hydrogen-bond acceptors (Lipinski definition) is 7. The first-order chi connectivity index (χ1) is 16.1. The highest BCUT2D eigenvalue weighted by molar-refractivity contribution is 5.79. The number of carbonyl (C=O) groups is 1. The van der Waals surface area contributed by atoms with Crippen molar-refractivity contribution in [1.82, 2.24) is 10.3 Å². The molecule has 0 aliphatic rings. The van der Waals surface area contributed by atoms with Crippen LogP contribution < -0.4 is 25.2 Å². The average Bonchev–Trinajstić information content (AvgIpc) is 2.85. The van der Waals surface area contributed by atoms with E-state index in [2.05, 4.69) is 10.3 Å². The van der Waals surface area contributed by atoms with Crippen LogP contribution in [0.3, 0.4) is 0 Å². The van der Waals surface area contributed by atoms with Crippen LogP contribution in [0.5, 0.6) is 17.2 Å². The molecule has 1 amide bonds. The highest BCUT2D eigenvalue weighted by Crippen LogP contribution is 2.29. The lowest BCUT2D eigenvalue weighted by Crippen LogP contribution is -2.28. The first-order valence-electron chi connectivity index (χ1n) is 10.2. The Bertz CT molecular complexity index is 1300. The molecule has 0 radical (unpaired) electrons. The molecule has 8 heteroatoms. The SMILES string of the molecule is COc1cc(CNC(=O)COc2ccc3ccc(=O)oc3c2)ccc1OCc1ccncc1. The molecular weight excluding hydrogens is 424 g/mol. The van der Waals surface area contributed by atoms with Crippen molar-refractivity contribution in [3.8, 4) is 17.2 Å². The Hall–Kier alpha value is -4.33. The smallest absolute Gasteiger partial charge is 0.336 e. The summed E-state index contributed by atoms with van der Waals surface area (Å²) < 4.78 is 21.9. The van der Waals surface area contributed by atoms with Gasteiger partial charge < -0.3 is 23.9 Å². The van der Waals surface area contributed by atoms with E-state index in [1.807, 2.05) is 24.3 Å². The van der Waals surface area contributed by atoms with Crippen LogP contribution in [0, 0.1) is 0 Å². The molecule has 0 aliphatic carbocycles. The number of nitrogens with zero attached hydrogens (tertiary/aromatic N) is 1. The van der Waals surface area contributed by atoms with Gasteiger partial charge in [0, 0.05) is 36.5 Å². The number of methoxy groups -OCH3 is 1. The zero-order chi connectivity index (χ0) is 23.0. The molecule has 168 valence electrons. The fourth-order valence-electron chi connectivity index (χ4n) is 3.11. The molecule has 2 heterocycles. The third-order valence-electron chi connectivity index (χ3n) is 4.83. The van der Waals surface area contributed by atoms with E-state index in [0.29, 0.717) is 36.0 Å². The van der Waals surface area contributed by atoms with Crippen molar-refractivity contribution in [3.63, 3.8) is 0 Å². The molecule has 0 atom stereocenters. The zero-order valence-electron chi connectivity index (χ0n) is 17.9. The van der Waals surface area contributed by atoms with Crippen LogP contribution in [0.1, 0.15) is 11.1 Å². The summed E-state index contributed by atoms with van der Waals surface area (Å²) in [6, 6.07) is 17.3. The normalized spacial score (nSPS) is 10.6. The number of rotatable bonds is 9. The number of ether oxygens (including phenoxy) is 3. The third-order valence-corrected chi connectivity index (χ3v) is 4.83. The first kappa shape index (κ1) is 21.9. The Morgan fingerprint density at radius 3 is 2.58 bits per heavy atom. The van der Waals surface area contributed by atoms with Crippen LogP contribution >= 0.6 is 0 Å². The van der Waals surface area contributed by atoms with E-state index in [-0.39, 0.29) is 12.5 Å². The second-order valence-corrected chi connectivity index (χ2v) is 7.15. The molecule has 2 aromatic heterocycles. The second kappa shape index (κ2) is 10.3. The quantitative estimate of drug-likeness (QED) is 0.393. The van der Waals surface area contributed by atoms with E-state index in [1.165, 1.54) is 6.07 Å². The highest BCUT2D eigenvalue weighted by atomic mass is 16.5. The summed E-state index contributed by atoms with van der Waals surface area (Å²) in [7, 11) is 1.57. The Morgan fingerprint density at radius 2 is 1.76 bits per heavy atom. The van der Waals surface area contributed by atoms with Crippen molar-refractivity contribution in [3.05, 3.63) is 94.6 Å². The molecule has 4 rings (SSSR count). The largest absolute Gasteiger partial charge is 0.493 e. The molecule has 1 N–H and O–H groups in total. The van der Waals surface area contributed by atoms with Crippen molar-refractivity contribution in [1.29, 1.82) is 0 Å². The van der Waals surface area contributed by atoms with Gasteiger partial charge in [0.05, 0.1) is 7.11 Å². The second-order valence-electron chi connectivity index (χ2n) is 7.15. The van der Waals surface area contributed by atoms with Gasteiger partial charge in [-0.05, 0) is 53.6 Å². The summed E-state index contributed by atoms with van der Waals surface area (Å²) >= 11 is 0. The minimum atomic E-state index is -0.443. The van der Waals surface area contributed by atoms with Crippen LogP contribution in [0.2, 0.25) is 0 Å². The Kier molecular flexibility index (Phi) is 6.84. The summed E-state index contributed by atoms with van der Waals surface area (Å²) in [5, 5.41) is 3.58. The van der Waals surface area contributed by atoms with Crippen LogP contribution in [0.25, 0.3) is 11.0 Å². The van der Waals surface area contributed by atoms with Crippen molar-refractivity contribution in [2.24, 2.45) is 0 Å².